The smallest absolute Gasteiger partial charge is 0.0935 e. The van der Waals surface area contributed by atoms with Gasteiger partial charge in [0.05, 0.1) is 12.5 Å². The van der Waals surface area contributed by atoms with E-state index in [0.717, 1.165) is 24.4 Å². The van der Waals surface area contributed by atoms with Gasteiger partial charge in [0.15, 0.2) is 0 Å². The maximum absolute atomic E-state index is 6.06. The molecule has 1 atom stereocenters. The van der Waals surface area contributed by atoms with Crippen LogP contribution in [-0.2, 0) is 6.42 Å². The van der Waals surface area contributed by atoms with E-state index in [9.17, 15) is 0 Å². The molecule has 1 heterocycles. The maximum atomic E-state index is 6.06. The van der Waals surface area contributed by atoms with Crippen LogP contribution in [-0.4, -0.2) is 6.54 Å². The summed E-state index contributed by atoms with van der Waals surface area (Å²) in [6.45, 7) is 3.16. The van der Waals surface area contributed by atoms with E-state index in [0.29, 0.717) is 0 Å². The van der Waals surface area contributed by atoms with E-state index in [1.165, 1.54) is 11.1 Å². The molecule has 2 rings (SSSR count). The molecule has 0 saturated carbocycles. The Kier molecular flexibility index (Phi) is 4.85. The molecule has 2 aromatic rings. The van der Waals surface area contributed by atoms with Crippen molar-refractivity contribution >= 4 is 11.6 Å². The van der Waals surface area contributed by atoms with Gasteiger partial charge < -0.3 is 9.73 Å². The van der Waals surface area contributed by atoms with Crippen molar-refractivity contribution in [1.82, 2.24) is 5.32 Å². The molecule has 0 aliphatic heterocycles. The van der Waals surface area contributed by atoms with E-state index in [2.05, 4.69) is 18.3 Å². The van der Waals surface area contributed by atoms with Crippen molar-refractivity contribution in [3.05, 3.63) is 59.0 Å². The summed E-state index contributed by atoms with van der Waals surface area (Å²) in [5.41, 5.74) is 2.42. The lowest BCUT2D eigenvalue weighted by atomic mass is 10.0. The minimum atomic E-state index is 0.279. The third kappa shape index (κ3) is 3.62. The number of furan rings is 1. The standard InChI is InChI=1S/C15H18ClNO/c1-2-7-17-15(9-12-6-8-18-11-12)13-4-3-5-14(16)10-13/h3-6,8,10-11,15,17H,2,7,9H2,1H3. The largest absolute Gasteiger partial charge is 0.472 e. The molecule has 3 heteroatoms. The molecule has 96 valence electrons. The molecule has 0 aliphatic carbocycles. The Morgan fingerprint density at radius 2 is 2.22 bits per heavy atom. The van der Waals surface area contributed by atoms with Gasteiger partial charge in [-0.1, -0.05) is 30.7 Å². The van der Waals surface area contributed by atoms with E-state index < -0.39 is 0 Å². The van der Waals surface area contributed by atoms with E-state index in [-0.39, 0.29) is 6.04 Å². The summed E-state index contributed by atoms with van der Waals surface area (Å²) in [6.07, 6.45) is 5.54. The number of nitrogens with one attached hydrogen (secondary N) is 1. The lowest BCUT2D eigenvalue weighted by Gasteiger charge is -2.18. The Morgan fingerprint density at radius 3 is 2.89 bits per heavy atom. The molecule has 1 unspecified atom stereocenters. The summed E-state index contributed by atoms with van der Waals surface area (Å²) in [5.74, 6) is 0. The molecular weight excluding hydrogens is 246 g/mol. The predicted molar refractivity (Wildman–Crippen MR) is 74.9 cm³/mol. The SMILES string of the molecule is CCCNC(Cc1ccoc1)c1cccc(Cl)c1. The van der Waals surface area contributed by atoms with Crippen LogP contribution in [0.1, 0.15) is 30.5 Å². The minimum Gasteiger partial charge on any atom is -0.472 e. The highest BCUT2D eigenvalue weighted by atomic mass is 35.5. The van der Waals surface area contributed by atoms with Gasteiger partial charge in [0.1, 0.15) is 0 Å². The summed E-state index contributed by atoms with van der Waals surface area (Å²) in [5, 5.41) is 4.33. The minimum absolute atomic E-state index is 0.279. The molecule has 18 heavy (non-hydrogen) atoms. The fourth-order valence-electron chi connectivity index (χ4n) is 1.99. The predicted octanol–water partition coefficient (Wildman–Crippen LogP) is 4.22. The van der Waals surface area contributed by atoms with Crippen LogP contribution in [0, 0.1) is 0 Å². The van der Waals surface area contributed by atoms with Crippen LogP contribution in [0.2, 0.25) is 5.02 Å². The fourth-order valence-corrected chi connectivity index (χ4v) is 2.19. The molecule has 0 radical (unpaired) electrons. The number of hydrogen-bond donors (Lipinski definition) is 1. The second-order valence-corrected chi connectivity index (χ2v) is 4.83. The van der Waals surface area contributed by atoms with Gasteiger partial charge in [0, 0.05) is 11.1 Å². The number of benzene rings is 1. The van der Waals surface area contributed by atoms with E-state index in [1.54, 1.807) is 12.5 Å². The maximum Gasteiger partial charge on any atom is 0.0935 e. The molecule has 0 spiro atoms. The van der Waals surface area contributed by atoms with Gasteiger partial charge >= 0.3 is 0 Å². The van der Waals surface area contributed by atoms with Crippen molar-refractivity contribution in [2.24, 2.45) is 0 Å². The van der Waals surface area contributed by atoms with Crippen molar-refractivity contribution in [1.29, 1.82) is 0 Å². The van der Waals surface area contributed by atoms with Crippen molar-refractivity contribution in [3.8, 4) is 0 Å². The first-order valence-electron chi connectivity index (χ1n) is 6.29. The van der Waals surface area contributed by atoms with Gasteiger partial charge in [-0.05, 0) is 48.7 Å². The Morgan fingerprint density at radius 1 is 1.33 bits per heavy atom. The van der Waals surface area contributed by atoms with E-state index in [1.807, 2.05) is 24.3 Å². The molecule has 0 amide bonds. The third-order valence-electron chi connectivity index (χ3n) is 2.91. The summed E-state index contributed by atoms with van der Waals surface area (Å²) >= 11 is 6.06. The Hall–Kier alpha value is -1.25. The normalized spacial score (nSPS) is 12.6. The van der Waals surface area contributed by atoms with Crippen LogP contribution in [0.5, 0.6) is 0 Å². The second-order valence-electron chi connectivity index (χ2n) is 4.40. The summed E-state index contributed by atoms with van der Waals surface area (Å²) in [7, 11) is 0. The summed E-state index contributed by atoms with van der Waals surface area (Å²) in [6, 6.07) is 10.3. The lowest BCUT2D eigenvalue weighted by molar-refractivity contribution is 0.520. The molecule has 1 aromatic heterocycles. The molecule has 1 N–H and O–H groups in total. The first kappa shape index (κ1) is 13.2. The molecular formula is C15H18ClNO. The van der Waals surface area contributed by atoms with Crippen LogP contribution < -0.4 is 5.32 Å². The summed E-state index contributed by atoms with van der Waals surface area (Å²) in [4.78, 5) is 0. The Labute approximate surface area is 113 Å². The average Bonchev–Trinajstić information content (AvgIpc) is 2.87. The average molecular weight is 264 g/mol. The van der Waals surface area contributed by atoms with Crippen LogP contribution in [0.3, 0.4) is 0 Å². The van der Waals surface area contributed by atoms with Gasteiger partial charge in [0.25, 0.3) is 0 Å². The number of halogens is 1. The van der Waals surface area contributed by atoms with Crippen LogP contribution in [0.15, 0.2) is 47.3 Å². The monoisotopic (exact) mass is 263 g/mol. The Bertz CT molecular complexity index is 467. The van der Waals surface area contributed by atoms with Crippen molar-refractivity contribution < 1.29 is 4.42 Å². The van der Waals surface area contributed by atoms with Crippen molar-refractivity contribution in [3.63, 3.8) is 0 Å². The third-order valence-corrected chi connectivity index (χ3v) is 3.15. The van der Waals surface area contributed by atoms with Gasteiger partial charge in [0.2, 0.25) is 0 Å². The zero-order chi connectivity index (χ0) is 12.8. The zero-order valence-electron chi connectivity index (χ0n) is 10.5. The van der Waals surface area contributed by atoms with Gasteiger partial charge in [-0.25, -0.2) is 0 Å². The van der Waals surface area contributed by atoms with E-state index >= 15 is 0 Å². The molecule has 1 aromatic carbocycles. The Balaban J connectivity index is 2.13. The molecule has 0 aliphatic rings. The highest BCUT2D eigenvalue weighted by Gasteiger charge is 2.12. The molecule has 0 fully saturated rings. The van der Waals surface area contributed by atoms with Crippen molar-refractivity contribution in [2.45, 2.75) is 25.8 Å². The first-order valence-corrected chi connectivity index (χ1v) is 6.67. The highest BCUT2D eigenvalue weighted by Crippen LogP contribution is 2.21. The quantitative estimate of drug-likeness (QED) is 0.844. The van der Waals surface area contributed by atoms with Gasteiger partial charge in [-0.3, -0.25) is 0 Å². The first-order chi connectivity index (χ1) is 8.79. The zero-order valence-corrected chi connectivity index (χ0v) is 11.3. The van der Waals surface area contributed by atoms with Crippen LogP contribution >= 0.6 is 11.6 Å². The second kappa shape index (κ2) is 6.62. The molecule has 2 nitrogen and oxygen atoms in total. The van der Waals surface area contributed by atoms with Crippen molar-refractivity contribution in [2.75, 3.05) is 6.54 Å². The highest BCUT2D eigenvalue weighted by molar-refractivity contribution is 6.30. The van der Waals surface area contributed by atoms with Gasteiger partial charge in [-0.2, -0.15) is 0 Å². The summed E-state index contributed by atoms with van der Waals surface area (Å²) < 4.78 is 5.13. The number of hydrogen-bond acceptors (Lipinski definition) is 2. The lowest BCUT2D eigenvalue weighted by Crippen LogP contribution is -2.23. The fraction of sp³-hybridized carbons (Fsp3) is 0.333. The van der Waals surface area contributed by atoms with Crippen LogP contribution in [0.4, 0.5) is 0 Å². The van der Waals surface area contributed by atoms with Crippen LogP contribution in [0.25, 0.3) is 0 Å². The number of rotatable bonds is 6. The molecule has 0 bridgehead atoms. The molecule has 0 saturated heterocycles. The van der Waals surface area contributed by atoms with Gasteiger partial charge in [-0.15, -0.1) is 0 Å². The van der Waals surface area contributed by atoms with E-state index in [4.69, 9.17) is 16.0 Å². The topological polar surface area (TPSA) is 25.2 Å².